The largest absolute Gasteiger partial charge is 0.491 e. The second-order valence-electron chi connectivity index (χ2n) is 5.93. The smallest absolute Gasteiger partial charge is 0.260 e. The van der Waals surface area contributed by atoms with E-state index in [0.29, 0.717) is 13.2 Å². The zero-order chi connectivity index (χ0) is 17.5. The molecule has 24 heavy (non-hydrogen) atoms. The van der Waals surface area contributed by atoms with E-state index in [0.717, 1.165) is 28.2 Å². The molecular weight excluding hydrogens is 302 g/mol. The number of nitrogens with one attached hydrogen (secondary N) is 1. The predicted molar refractivity (Wildman–Crippen MR) is 95.7 cm³/mol. The van der Waals surface area contributed by atoms with Crippen LogP contribution in [0.3, 0.4) is 0 Å². The van der Waals surface area contributed by atoms with Crippen LogP contribution in [0.2, 0.25) is 0 Å². The van der Waals surface area contributed by atoms with Gasteiger partial charge in [-0.2, -0.15) is 0 Å². The fraction of sp³-hybridized carbons (Fsp3) is 0.350. The molecule has 4 heteroatoms. The van der Waals surface area contributed by atoms with Gasteiger partial charge in [0.25, 0.3) is 5.91 Å². The predicted octanol–water partition coefficient (Wildman–Crippen LogP) is 3.57. The molecular formula is C20H25NO3. The van der Waals surface area contributed by atoms with Crippen LogP contribution in [0.5, 0.6) is 11.5 Å². The van der Waals surface area contributed by atoms with Crippen LogP contribution >= 0.6 is 0 Å². The highest BCUT2D eigenvalue weighted by Gasteiger charge is 2.15. The van der Waals surface area contributed by atoms with Crippen molar-refractivity contribution >= 4 is 5.91 Å². The molecule has 0 aliphatic rings. The Labute approximate surface area is 143 Å². The summed E-state index contributed by atoms with van der Waals surface area (Å²) in [4.78, 5) is 12.1. The Balaban J connectivity index is 1.77. The Bertz CT molecular complexity index is 697. The molecule has 0 radical (unpaired) electrons. The molecule has 2 rings (SSSR count). The Kier molecular flexibility index (Phi) is 6.24. The first-order valence-corrected chi connectivity index (χ1v) is 8.17. The van der Waals surface area contributed by atoms with Crippen LogP contribution in [-0.4, -0.2) is 25.2 Å². The molecule has 0 aliphatic heterocycles. The lowest BCUT2D eigenvalue weighted by atomic mass is 10.1. The molecule has 1 atom stereocenters. The van der Waals surface area contributed by atoms with Crippen LogP contribution in [0, 0.1) is 20.8 Å². The minimum absolute atomic E-state index is 0.149. The van der Waals surface area contributed by atoms with Gasteiger partial charge in [-0.05, 0) is 56.5 Å². The Morgan fingerprint density at radius 2 is 1.75 bits per heavy atom. The van der Waals surface area contributed by atoms with Crippen LogP contribution in [0.4, 0.5) is 0 Å². The Morgan fingerprint density at radius 3 is 2.50 bits per heavy atom. The highest BCUT2D eigenvalue weighted by Crippen LogP contribution is 2.20. The van der Waals surface area contributed by atoms with Gasteiger partial charge < -0.3 is 14.8 Å². The summed E-state index contributed by atoms with van der Waals surface area (Å²) in [5, 5.41) is 2.84. The van der Waals surface area contributed by atoms with Crippen molar-refractivity contribution in [1.82, 2.24) is 5.32 Å². The number of para-hydroxylation sites is 1. The first kappa shape index (κ1) is 17.9. The third kappa shape index (κ3) is 5.01. The summed E-state index contributed by atoms with van der Waals surface area (Å²) in [5.74, 6) is 1.43. The molecule has 128 valence electrons. The van der Waals surface area contributed by atoms with Gasteiger partial charge in [0.15, 0.2) is 6.10 Å². The van der Waals surface area contributed by atoms with Crippen LogP contribution in [-0.2, 0) is 4.79 Å². The van der Waals surface area contributed by atoms with Crippen LogP contribution in [0.25, 0.3) is 0 Å². The summed E-state index contributed by atoms with van der Waals surface area (Å²) < 4.78 is 11.4. The Morgan fingerprint density at radius 1 is 1.04 bits per heavy atom. The summed E-state index contributed by atoms with van der Waals surface area (Å²) in [6, 6.07) is 13.8. The maximum absolute atomic E-state index is 12.1. The molecule has 0 spiro atoms. The maximum Gasteiger partial charge on any atom is 0.260 e. The first-order chi connectivity index (χ1) is 11.5. The summed E-state index contributed by atoms with van der Waals surface area (Å²) in [6.07, 6.45) is -0.552. The molecule has 2 aromatic carbocycles. The lowest BCUT2D eigenvalue weighted by Crippen LogP contribution is -2.38. The normalized spacial score (nSPS) is 11.7. The fourth-order valence-corrected chi connectivity index (χ4v) is 2.28. The first-order valence-electron chi connectivity index (χ1n) is 8.17. The van der Waals surface area contributed by atoms with Crippen molar-refractivity contribution in [1.29, 1.82) is 0 Å². The number of ether oxygens (including phenoxy) is 2. The van der Waals surface area contributed by atoms with Crippen molar-refractivity contribution in [2.75, 3.05) is 13.2 Å². The number of benzene rings is 2. The van der Waals surface area contributed by atoms with E-state index in [-0.39, 0.29) is 5.91 Å². The van der Waals surface area contributed by atoms with Crippen molar-refractivity contribution in [2.45, 2.75) is 33.8 Å². The third-order valence-corrected chi connectivity index (χ3v) is 3.77. The lowest BCUT2D eigenvalue weighted by molar-refractivity contribution is -0.127. The second-order valence-corrected chi connectivity index (χ2v) is 5.93. The summed E-state index contributed by atoms with van der Waals surface area (Å²) in [6.45, 7) is 8.57. The van der Waals surface area contributed by atoms with Gasteiger partial charge >= 0.3 is 0 Å². The summed E-state index contributed by atoms with van der Waals surface area (Å²) in [5.41, 5.74) is 3.20. The van der Waals surface area contributed by atoms with Crippen LogP contribution in [0.1, 0.15) is 23.6 Å². The zero-order valence-electron chi connectivity index (χ0n) is 14.8. The van der Waals surface area contributed by atoms with E-state index in [9.17, 15) is 4.79 Å². The number of aryl methyl sites for hydroxylation is 3. The highest BCUT2D eigenvalue weighted by atomic mass is 16.5. The number of carbonyl (C=O) groups is 1. The molecule has 0 unspecified atom stereocenters. The molecule has 0 heterocycles. The summed E-state index contributed by atoms with van der Waals surface area (Å²) >= 11 is 0. The SMILES string of the molecule is Cc1ccc(C)c(O[C@@H](C)C(=O)NCCOc2ccccc2C)c1. The molecule has 0 aliphatic carbocycles. The molecule has 4 nitrogen and oxygen atoms in total. The molecule has 1 amide bonds. The van der Waals surface area contributed by atoms with E-state index in [2.05, 4.69) is 5.32 Å². The van der Waals surface area contributed by atoms with E-state index >= 15 is 0 Å². The van der Waals surface area contributed by atoms with Gasteiger partial charge in [0.2, 0.25) is 0 Å². The number of amides is 1. The van der Waals surface area contributed by atoms with E-state index in [1.54, 1.807) is 6.92 Å². The molecule has 0 saturated carbocycles. The quantitative estimate of drug-likeness (QED) is 0.791. The van der Waals surface area contributed by atoms with E-state index in [4.69, 9.17) is 9.47 Å². The minimum Gasteiger partial charge on any atom is -0.491 e. The zero-order valence-corrected chi connectivity index (χ0v) is 14.8. The average Bonchev–Trinajstić information content (AvgIpc) is 2.56. The van der Waals surface area contributed by atoms with Gasteiger partial charge in [0.05, 0.1) is 6.54 Å². The number of hydrogen-bond donors (Lipinski definition) is 1. The van der Waals surface area contributed by atoms with Gasteiger partial charge in [-0.25, -0.2) is 0 Å². The molecule has 0 aromatic heterocycles. The molecule has 0 bridgehead atoms. The van der Waals surface area contributed by atoms with E-state index in [1.165, 1.54) is 0 Å². The standard InChI is InChI=1S/C20H25NO3/c1-14-9-10-16(3)19(13-14)24-17(4)20(22)21-11-12-23-18-8-6-5-7-15(18)2/h5-10,13,17H,11-12H2,1-4H3,(H,21,22)/t17-/m0/s1. The second kappa shape index (κ2) is 8.39. The molecule has 0 fully saturated rings. The fourth-order valence-electron chi connectivity index (χ4n) is 2.28. The average molecular weight is 327 g/mol. The number of hydrogen-bond acceptors (Lipinski definition) is 3. The Hall–Kier alpha value is -2.49. The van der Waals surface area contributed by atoms with Crippen LogP contribution < -0.4 is 14.8 Å². The van der Waals surface area contributed by atoms with Gasteiger partial charge in [-0.15, -0.1) is 0 Å². The number of carbonyl (C=O) groups excluding carboxylic acids is 1. The lowest BCUT2D eigenvalue weighted by Gasteiger charge is -2.17. The molecule has 1 N–H and O–H groups in total. The van der Waals surface area contributed by atoms with Crippen molar-refractivity contribution in [3.63, 3.8) is 0 Å². The van der Waals surface area contributed by atoms with Crippen molar-refractivity contribution in [3.8, 4) is 11.5 Å². The highest BCUT2D eigenvalue weighted by molar-refractivity contribution is 5.80. The topological polar surface area (TPSA) is 47.6 Å². The monoisotopic (exact) mass is 327 g/mol. The maximum atomic E-state index is 12.1. The van der Waals surface area contributed by atoms with Gasteiger partial charge in [0, 0.05) is 0 Å². The molecule has 0 saturated heterocycles. The van der Waals surface area contributed by atoms with Crippen molar-refractivity contribution in [2.24, 2.45) is 0 Å². The molecule has 2 aromatic rings. The third-order valence-electron chi connectivity index (χ3n) is 3.77. The van der Waals surface area contributed by atoms with E-state index < -0.39 is 6.10 Å². The van der Waals surface area contributed by atoms with Gasteiger partial charge in [0.1, 0.15) is 18.1 Å². The van der Waals surface area contributed by atoms with Crippen LogP contribution in [0.15, 0.2) is 42.5 Å². The van der Waals surface area contributed by atoms with Gasteiger partial charge in [-0.1, -0.05) is 30.3 Å². The summed E-state index contributed by atoms with van der Waals surface area (Å²) in [7, 11) is 0. The van der Waals surface area contributed by atoms with Gasteiger partial charge in [-0.3, -0.25) is 4.79 Å². The van der Waals surface area contributed by atoms with Crippen molar-refractivity contribution in [3.05, 3.63) is 59.2 Å². The van der Waals surface area contributed by atoms with Crippen molar-refractivity contribution < 1.29 is 14.3 Å². The minimum atomic E-state index is -0.552. The number of rotatable bonds is 7. The van der Waals surface area contributed by atoms with E-state index in [1.807, 2.05) is 63.2 Å².